The van der Waals surface area contributed by atoms with Crippen LogP contribution in [0.2, 0.25) is 0 Å². The number of aliphatic hydroxyl groups excluding tert-OH is 1. The van der Waals surface area contributed by atoms with E-state index in [1.807, 2.05) is 33.1 Å². The highest BCUT2D eigenvalue weighted by Gasteiger charge is 2.46. The molecular formula is C54H94N14O14. The van der Waals surface area contributed by atoms with Crippen molar-refractivity contribution in [2.24, 2.45) is 29.3 Å². The number of amides is 13. The number of carbonyl (C=O) groups is 13. The molecule has 0 aromatic heterocycles. The Morgan fingerprint density at radius 2 is 0.988 bits per heavy atom. The van der Waals surface area contributed by atoms with E-state index < -0.39 is 154 Å². The summed E-state index contributed by atoms with van der Waals surface area (Å²) in [6.07, 6.45) is 0.875. The van der Waals surface area contributed by atoms with Crippen molar-refractivity contribution in [2.75, 3.05) is 19.7 Å². The van der Waals surface area contributed by atoms with E-state index in [0.29, 0.717) is 25.7 Å². The van der Waals surface area contributed by atoms with Crippen molar-refractivity contribution in [3.63, 3.8) is 0 Å². The second kappa shape index (κ2) is 30.4. The van der Waals surface area contributed by atoms with Crippen molar-refractivity contribution in [3.05, 3.63) is 0 Å². The largest absolute Gasteiger partial charge is 0.394 e. The smallest absolute Gasteiger partial charge is 0.248 e. The molecule has 0 radical (unpaired) electrons. The molecule has 0 saturated carbocycles. The minimum absolute atomic E-state index is 0.0392. The van der Waals surface area contributed by atoms with Crippen molar-refractivity contribution in [3.8, 4) is 0 Å². The fourth-order valence-electron chi connectivity index (χ4n) is 9.47. The summed E-state index contributed by atoms with van der Waals surface area (Å²) >= 11 is 0. The predicted octanol–water partition coefficient (Wildman–Crippen LogP) is -2.62. The Labute approximate surface area is 481 Å². The van der Waals surface area contributed by atoms with Gasteiger partial charge < -0.3 is 68.5 Å². The van der Waals surface area contributed by atoms with E-state index in [4.69, 9.17) is 11.6 Å². The Kier molecular flexibility index (Phi) is 26.3. The molecule has 13 amide bonds. The summed E-state index contributed by atoms with van der Waals surface area (Å²) < 4.78 is 0. The lowest BCUT2D eigenvalue weighted by Crippen LogP contribution is -2.65. The van der Waals surface area contributed by atoms with Crippen LogP contribution in [-0.4, -0.2) is 176 Å². The molecular weight excluding hydrogens is 1070 g/mol. The first-order valence-electron chi connectivity index (χ1n) is 28.0. The molecule has 2 rings (SSSR count). The highest BCUT2D eigenvalue weighted by atomic mass is 16.3. The van der Waals surface area contributed by atoms with Gasteiger partial charge in [-0.1, -0.05) is 48.0 Å². The van der Waals surface area contributed by atoms with Gasteiger partial charge in [0.2, 0.25) is 76.8 Å². The summed E-state index contributed by atoms with van der Waals surface area (Å²) in [5, 5.41) is 33.2. The fraction of sp³-hybridized carbons (Fsp3) is 0.759. The van der Waals surface area contributed by atoms with Crippen LogP contribution in [0.4, 0.5) is 0 Å². The van der Waals surface area contributed by atoms with Crippen LogP contribution in [0.1, 0.15) is 162 Å². The molecule has 28 nitrogen and oxygen atoms in total. The lowest BCUT2D eigenvalue weighted by Gasteiger charge is -2.36. The van der Waals surface area contributed by atoms with Crippen LogP contribution >= 0.6 is 0 Å². The Morgan fingerprint density at radius 3 is 1.46 bits per heavy atom. The van der Waals surface area contributed by atoms with Crippen LogP contribution in [0.15, 0.2) is 0 Å². The molecule has 8 atom stereocenters. The third kappa shape index (κ3) is 20.8. The number of rotatable bonds is 30. The second-order valence-corrected chi connectivity index (χ2v) is 24.5. The van der Waals surface area contributed by atoms with Crippen LogP contribution in [0.5, 0.6) is 0 Å². The number of aliphatic hydroxyl groups is 1. The maximum atomic E-state index is 14.4. The van der Waals surface area contributed by atoms with Gasteiger partial charge in [0.1, 0.15) is 58.4 Å². The SMILES string of the molecule is CCC(C)C(CO)NC(=O)C1CCCN1C(=O)C(CC(C)C)NC(=O)C(CC(N)=O)NC(=O)C(C)(C)NC(=O)C1CCCN1C(=O)C(C)(C)NC(=O)C(CC(C)C)NC(=O)C(C)(C)NC(=O)C(CC(=O)NN)NC(=O)C(C)(C)NC(C)=O. The Balaban J connectivity index is 2.27. The summed E-state index contributed by atoms with van der Waals surface area (Å²) in [5.41, 5.74) is 0.591. The highest BCUT2D eigenvalue weighted by Crippen LogP contribution is 2.25. The number of hydrogen-bond acceptors (Lipinski definition) is 15. The van der Waals surface area contributed by atoms with Gasteiger partial charge >= 0.3 is 0 Å². The first kappa shape index (κ1) is 71.1. The van der Waals surface area contributed by atoms with Crippen LogP contribution in [-0.2, 0) is 62.3 Å². The summed E-state index contributed by atoms with van der Waals surface area (Å²) in [5.74, 6) is -5.28. The first-order valence-corrected chi connectivity index (χ1v) is 28.0. The van der Waals surface area contributed by atoms with Gasteiger partial charge in [-0.05, 0) is 112 Å². The molecule has 15 N–H and O–H groups in total. The maximum absolute atomic E-state index is 14.4. The molecule has 464 valence electrons. The third-order valence-electron chi connectivity index (χ3n) is 14.4. The van der Waals surface area contributed by atoms with Gasteiger partial charge in [0.15, 0.2) is 0 Å². The molecule has 0 aliphatic carbocycles. The molecule has 2 fully saturated rings. The Hall–Kier alpha value is -6.97. The van der Waals surface area contributed by atoms with Crippen LogP contribution in [0.3, 0.4) is 0 Å². The molecule has 28 heteroatoms. The normalized spacial score (nSPS) is 17.9. The molecule has 82 heavy (non-hydrogen) atoms. The predicted molar refractivity (Wildman–Crippen MR) is 300 cm³/mol. The highest BCUT2D eigenvalue weighted by molar-refractivity contribution is 6.02. The second-order valence-electron chi connectivity index (χ2n) is 24.5. The minimum Gasteiger partial charge on any atom is -0.394 e. The van der Waals surface area contributed by atoms with Gasteiger partial charge in [-0.15, -0.1) is 0 Å². The first-order chi connectivity index (χ1) is 37.7. The van der Waals surface area contributed by atoms with E-state index in [1.54, 1.807) is 13.8 Å². The van der Waals surface area contributed by atoms with E-state index in [2.05, 4.69) is 47.9 Å². The molecule has 0 bridgehead atoms. The molecule has 0 spiro atoms. The number of carbonyl (C=O) groups excluding carboxylic acids is 13. The van der Waals surface area contributed by atoms with E-state index in [9.17, 15) is 67.4 Å². The van der Waals surface area contributed by atoms with Crippen molar-refractivity contribution in [1.29, 1.82) is 0 Å². The summed E-state index contributed by atoms with van der Waals surface area (Å²) in [7, 11) is 0. The maximum Gasteiger partial charge on any atom is 0.248 e. The monoisotopic (exact) mass is 1160 g/mol. The van der Waals surface area contributed by atoms with Crippen molar-refractivity contribution < 1.29 is 67.4 Å². The Bertz CT molecular complexity index is 2370. The van der Waals surface area contributed by atoms with Crippen LogP contribution < -0.4 is 64.9 Å². The summed E-state index contributed by atoms with van der Waals surface area (Å²) in [6.45, 7) is 23.0. The molecule has 2 saturated heterocycles. The molecule has 2 aliphatic rings. The van der Waals surface area contributed by atoms with Gasteiger partial charge in [0.05, 0.1) is 25.5 Å². The van der Waals surface area contributed by atoms with Crippen molar-refractivity contribution in [2.45, 2.75) is 226 Å². The van der Waals surface area contributed by atoms with E-state index in [1.165, 1.54) is 72.1 Å². The number of likely N-dealkylation sites (tertiary alicyclic amines) is 2. The fourth-order valence-corrected chi connectivity index (χ4v) is 9.47. The van der Waals surface area contributed by atoms with Crippen molar-refractivity contribution in [1.82, 2.24) is 63.1 Å². The van der Waals surface area contributed by atoms with Crippen LogP contribution in [0.25, 0.3) is 0 Å². The van der Waals surface area contributed by atoms with E-state index in [-0.39, 0.29) is 56.7 Å². The zero-order valence-electron chi connectivity index (χ0n) is 50.6. The van der Waals surface area contributed by atoms with Gasteiger partial charge in [0.25, 0.3) is 0 Å². The van der Waals surface area contributed by atoms with E-state index in [0.717, 1.165) is 0 Å². The van der Waals surface area contributed by atoms with Gasteiger partial charge in [-0.25, -0.2) is 5.84 Å². The topological polar surface area (TPSA) is 421 Å². The lowest BCUT2D eigenvalue weighted by atomic mass is 9.96. The van der Waals surface area contributed by atoms with Crippen LogP contribution in [0, 0.1) is 17.8 Å². The average molecular weight is 1160 g/mol. The third-order valence-corrected chi connectivity index (χ3v) is 14.4. The van der Waals surface area contributed by atoms with Gasteiger partial charge in [-0.3, -0.25) is 67.8 Å². The number of hydrogen-bond donors (Lipinski definition) is 13. The van der Waals surface area contributed by atoms with Crippen molar-refractivity contribution >= 4 is 76.8 Å². The number of nitrogens with two attached hydrogens (primary N) is 2. The number of nitrogens with one attached hydrogen (secondary N) is 10. The standard InChI is InChI=1S/C54H94N14O14/c1-16-30(6)36(27-69)58-44(76)37-19-17-21-67(37)46(78)35(24-29(4)5)57-41(73)33(25-39(55)71)60-49(81)53(12,13)65-45(77)38-20-18-22-68(38)50(82)54(14,15)64-42(74)32(23-28(2)3)59-48(80)52(10,11)63-43(75)34(26-40(72)66-56)61-47(79)51(8,9)62-31(7)70/h28-30,32-38,69H,16-27,56H2,1-15H3,(H2,55,71)(H,57,73)(H,58,76)(H,59,80)(H,60,81)(H,61,79)(H,62,70)(H,63,75)(H,64,74)(H,65,77)(H,66,72). The number of nitrogens with zero attached hydrogens (tertiary/aromatic N) is 2. The Morgan fingerprint density at radius 1 is 0.549 bits per heavy atom. The summed E-state index contributed by atoms with van der Waals surface area (Å²) in [6, 6.07) is -8.23. The number of hydrazine groups is 1. The summed E-state index contributed by atoms with van der Waals surface area (Å²) in [4.78, 5) is 178. The molecule has 2 aliphatic heterocycles. The van der Waals surface area contributed by atoms with Gasteiger partial charge in [0, 0.05) is 20.0 Å². The molecule has 2 heterocycles. The number of primary amides is 1. The zero-order valence-corrected chi connectivity index (χ0v) is 50.6. The van der Waals surface area contributed by atoms with E-state index >= 15 is 0 Å². The van der Waals surface area contributed by atoms with Gasteiger partial charge in [-0.2, -0.15) is 0 Å². The minimum atomic E-state index is -1.80. The molecule has 0 aromatic rings. The lowest BCUT2D eigenvalue weighted by molar-refractivity contribution is -0.146. The quantitative estimate of drug-likeness (QED) is 0.0199. The molecule has 8 unspecified atom stereocenters. The molecule has 0 aromatic carbocycles. The zero-order chi connectivity index (χ0) is 63.0. The average Bonchev–Trinajstić information content (AvgIpc) is 4.27.